The normalized spacial score (nSPS) is 12.5. The van der Waals surface area contributed by atoms with Gasteiger partial charge in [0, 0.05) is 6.26 Å². The molecule has 0 aliphatic carbocycles. The fraction of sp³-hybridized carbons (Fsp3) is 0.167. The smallest absolute Gasteiger partial charge is 0.240 e. The third kappa shape index (κ3) is 1.34. The van der Waals surface area contributed by atoms with Crippen molar-refractivity contribution in [2.45, 2.75) is 4.21 Å². The van der Waals surface area contributed by atoms with Gasteiger partial charge in [0.15, 0.2) is 14.0 Å². The van der Waals surface area contributed by atoms with Gasteiger partial charge in [-0.15, -0.1) is 0 Å². The molecule has 70 valence electrons. The molecule has 0 spiro atoms. The van der Waals surface area contributed by atoms with Crippen LogP contribution in [0.5, 0.6) is 0 Å². The topological polar surface area (TPSA) is 60.2 Å². The number of sulfone groups is 1. The van der Waals surface area contributed by atoms with Gasteiger partial charge < -0.3 is 4.42 Å². The van der Waals surface area contributed by atoms with Crippen molar-refractivity contribution in [3.63, 3.8) is 0 Å². The molecule has 0 fully saturated rings. The van der Waals surface area contributed by atoms with Gasteiger partial charge in [0.25, 0.3) is 0 Å². The first-order valence-electron chi connectivity index (χ1n) is 3.22. The van der Waals surface area contributed by atoms with Crippen molar-refractivity contribution in [2.24, 2.45) is 0 Å². The summed E-state index contributed by atoms with van der Waals surface area (Å²) in [4.78, 5) is 0. The molecule has 0 aliphatic heterocycles. The molecule has 0 bridgehead atoms. The van der Waals surface area contributed by atoms with Crippen molar-refractivity contribution in [1.82, 2.24) is 4.37 Å². The summed E-state index contributed by atoms with van der Waals surface area (Å²) in [6, 6.07) is 0. The number of nitrogens with zero attached hydrogens (tertiary/aromatic N) is 1. The Morgan fingerprint density at radius 1 is 1.62 bits per heavy atom. The van der Waals surface area contributed by atoms with Crippen molar-refractivity contribution in [3.8, 4) is 0 Å². The molecule has 13 heavy (non-hydrogen) atoms. The minimum Gasteiger partial charge on any atom is -0.444 e. The number of halogens is 1. The van der Waals surface area contributed by atoms with Crippen molar-refractivity contribution >= 4 is 44.1 Å². The van der Waals surface area contributed by atoms with Crippen molar-refractivity contribution in [3.05, 3.63) is 11.3 Å². The maximum absolute atomic E-state index is 11.2. The molecule has 2 rings (SSSR count). The average molecular weight is 238 g/mol. The molecule has 2 aromatic rings. The second-order valence-corrected chi connectivity index (χ2v) is 5.90. The van der Waals surface area contributed by atoms with E-state index in [4.69, 9.17) is 16.0 Å². The van der Waals surface area contributed by atoms with Crippen LogP contribution in [0.15, 0.2) is 14.9 Å². The van der Waals surface area contributed by atoms with Crippen LogP contribution >= 0.6 is 23.1 Å². The molecule has 2 heterocycles. The molecular weight excluding hydrogens is 234 g/mol. The summed E-state index contributed by atoms with van der Waals surface area (Å²) in [6.07, 6.45) is 2.39. The van der Waals surface area contributed by atoms with Crippen LogP contribution in [0.25, 0.3) is 11.1 Å². The zero-order chi connectivity index (χ0) is 9.64. The van der Waals surface area contributed by atoms with Gasteiger partial charge in [-0.1, -0.05) is 11.6 Å². The first-order chi connectivity index (χ1) is 6.00. The number of hydrogen-bond acceptors (Lipinski definition) is 5. The summed E-state index contributed by atoms with van der Waals surface area (Å²) in [6.45, 7) is 0. The molecule has 0 N–H and O–H groups in total. The third-order valence-corrected chi connectivity index (χ3v) is 4.39. The van der Waals surface area contributed by atoms with Crippen molar-refractivity contribution in [2.75, 3.05) is 6.26 Å². The van der Waals surface area contributed by atoms with E-state index in [-0.39, 0.29) is 14.9 Å². The van der Waals surface area contributed by atoms with Crippen LogP contribution in [-0.4, -0.2) is 19.0 Å². The lowest BCUT2D eigenvalue weighted by atomic mass is 10.5. The van der Waals surface area contributed by atoms with E-state index >= 15 is 0 Å². The highest BCUT2D eigenvalue weighted by atomic mass is 35.5. The minimum absolute atomic E-state index is 0.154. The molecule has 0 atom stereocenters. The summed E-state index contributed by atoms with van der Waals surface area (Å²) < 4.78 is 31.4. The van der Waals surface area contributed by atoms with Gasteiger partial charge in [-0.3, -0.25) is 0 Å². The average Bonchev–Trinajstić information content (AvgIpc) is 2.51. The Balaban J connectivity index is 2.92. The summed E-state index contributed by atoms with van der Waals surface area (Å²) in [5, 5.41) is 0.665. The van der Waals surface area contributed by atoms with E-state index < -0.39 is 9.84 Å². The fourth-order valence-electron chi connectivity index (χ4n) is 0.961. The molecule has 2 aromatic heterocycles. The van der Waals surface area contributed by atoms with Crippen molar-refractivity contribution < 1.29 is 12.8 Å². The van der Waals surface area contributed by atoms with Crippen LogP contribution in [0.2, 0.25) is 5.02 Å². The third-order valence-electron chi connectivity index (χ3n) is 1.48. The molecule has 0 aliphatic rings. The SMILES string of the molecule is CS(=O)(=O)c1snc2occ(Cl)c12. The Bertz CT molecular complexity index is 553. The molecule has 0 unspecified atom stereocenters. The molecule has 7 heteroatoms. The first-order valence-corrected chi connectivity index (χ1v) is 6.27. The highest BCUT2D eigenvalue weighted by molar-refractivity contribution is 7.92. The van der Waals surface area contributed by atoms with E-state index in [2.05, 4.69) is 4.37 Å². The number of rotatable bonds is 1. The van der Waals surface area contributed by atoms with E-state index in [0.29, 0.717) is 5.39 Å². The number of hydrogen-bond donors (Lipinski definition) is 0. The van der Waals surface area contributed by atoms with Crippen LogP contribution in [0.3, 0.4) is 0 Å². The summed E-state index contributed by atoms with van der Waals surface area (Å²) in [5.41, 5.74) is 0.274. The Hall–Kier alpha value is -0.590. The van der Waals surface area contributed by atoms with Gasteiger partial charge in [0.1, 0.15) is 6.26 Å². The minimum atomic E-state index is -3.27. The zero-order valence-electron chi connectivity index (χ0n) is 6.44. The highest BCUT2D eigenvalue weighted by Gasteiger charge is 2.20. The lowest BCUT2D eigenvalue weighted by molar-refractivity contribution is 0.603. The molecular formula is C6H4ClNO3S2. The maximum atomic E-state index is 11.2. The summed E-state index contributed by atoms with van der Waals surface area (Å²) in [7, 11) is -3.27. The van der Waals surface area contributed by atoms with Gasteiger partial charge >= 0.3 is 0 Å². The fourth-order valence-corrected chi connectivity index (χ4v) is 3.10. The first kappa shape index (κ1) is 8.98. The van der Waals surface area contributed by atoms with E-state index in [1.165, 1.54) is 6.26 Å². The molecule has 0 amide bonds. The number of fused-ring (bicyclic) bond motifs is 1. The Morgan fingerprint density at radius 3 is 2.92 bits per heavy atom. The van der Waals surface area contributed by atoms with E-state index in [1.54, 1.807) is 0 Å². The standard InChI is InChI=1S/C6H4ClNO3S2/c1-13(9,10)6-4-3(7)2-11-5(4)8-12-6/h2H,1H3. The molecule has 0 radical (unpaired) electrons. The Kier molecular flexibility index (Phi) is 1.86. The number of aromatic nitrogens is 1. The van der Waals surface area contributed by atoms with Gasteiger partial charge in [0.05, 0.1) is 10.4 Å². The predicted octanol–water partition coefficient (Wildman–Crippen LogP) is 1.95. The maximum Gasteiger partial charge on any atom is 0.240 e. The summed E-state index contributed by atoms with van der Waals surface area (Å²) >= 11 is 6.61. The van der Waals surface area contributed by atoms with E-state index in [0.717, 1.165) is 17.8 Å². The lowest BCUT2D eigenvalue weighted by Gasteiger charge is -1.89. The quantitative estimate of drug-likeness (QED) is 0.761. The van der Waals surface area contributed by atoms with Gasteiger partial charge in [-0.25, -0.2) is 8.42 Å². The van der Waals surface area contributed by atoms with Gasteiger partial charge in [-0.05, 0) is 11.5 Å². The number of furan rings is 1. The Labute approximate surface area is 83.2 Å². The van der Waals surface area contributed by atoms with Gasteiger partial charge in [-0.2, -0.15) is 4.37 Å². The second kappa shape index (κ2) is 2.70. The van der Waals surface area contributed by atoms with Crippen molar-refractivity contribution in [1.29, 1.82) is 0 Å². The second-order valence-electron chi connectivity index (χ2n) is 2.51. The van der Waals surface area contributed by atoms with E-state index in [1.807, 2.05) is 0 Å². The van der Waals surface area contributed by atoms with Crippen LogP contribution in [-0.2, 0) is 9.84 Å². The Morgan fingerprint density at radius 2 is 2.31 bits per heavy atom. The van der Waals surface area contributed by atoms with Crippen LogP contribution in [0.1, 0.15) is 0 Å². The van der Waals surface area contributed by atoms with E-state index in [9.17, 15) is 8.42 Å². The molecule has 0 saturated carbocycles. The molecule has 0 saturated heterocycles. The summed E-state index contributed by atoms with van der Waals surface area (Å²) in [5.74, 6) is 0. The predicted molar refractivity (Wildman–Crippen MR) is 50.0 cm³/mol. The van der Waals surface area contributed by atoms with Crippen LogP contribution in [0.4, 0.5) is 0 Å². The lowest BCUT2D eigenvalue weighted by Crippen LogP contribution is -1.93. The van der Waals surface area contributed by atoms with Gasteiger partial charge in [0.2, 0.25) is 5.71 Å². The monoisotopic (exact) mass is 237 g/mol. The molecule has 4 nitrogen and oxygen atoms in total. The highest BCUT2D eigenvalue weighted by Crippen LogP contribution is 2.33. The molecule has 0 aromatic carbocycles. The largest absolute Gasteiger partial charge is 0.444 e. The van der Waals surface area contributed by atoms with Crippen LogP contribution < -0.4 is 0 Å². The zero-order valence-corrected chi connectivity index (χ0v) is 8.83. The van der Waals surface area contributed by atoms with Crippen LogP contribution in [0, 0.1) is 0 Å².